The van der Waals surface area contributed by atoms with E-state index in [1.165, 1.54) is 0 Å². The van der Waals surface area contributed by atoms with Gasteiger partial charge in [0.1, 0.15) is 0 Å². The number of hydrogen-bond donors (Lipinski definition) is 0. The Kier molecular flexibility index (Phi) is 14.3. The fourth-order valence-corrected chi connectivity index (χ4v) is 1.45. The summed E-state index contributed by atoms with van der Waals surface area (Å²) < 4.78 is 4.81. The summed E-state index contributed by atoms with van der Waals surface area (Å²) in [4.78, 5) is 0. The van der Waals surface area contributed by atoms with Gasteiger partial charge in [-0.3, -0.25) is 0 Å². The van der Waals surface area contributed by atoms with Crippen LogP contribution in [0, 0.1) is 40.4 Å². The predicted octanol–water partition coefficient (Wildman–Crippen LogP) is 3.81. The molecule has 4 atom stereocenters. The van der Waals surface area contributed by atoms with E-state index in [9.17, 15) is 0 Å². The lowest BCUT2D eigenvalue weighted by molar-refractivity contribution is 0.162. The molecule has 0 heterocycles. The average Bonchev–Trinajstić information content (AvgIpc) is 2.37. The third kappa shape index (κ3) is 10.7. The molecule has 0 spiro atoms. The first-order valence-corrected chi connectivity index (χ1v) is 6.87. The summed E-state index contributed by atoms with van der Waals surface area (Å²) in [5.41, 5.74) is 0. The van der Waals surface area contributed by atoms with Crippen LogP contribution in [0.1, 0.15) is 27.2 Å². The van der Waals surface area contributed by atoms with Gasteiger partial charge in [-0.15, -0.1) is 23.2 Å². The fourth-order valence-electron chi connectivity index (χ4n) is 1.04. The van der Waals surface area contributed by atoms with Crippen molar-refractivity contribution >= 4 is 23.2 Å². The Labute approximate surface area is 121 Å². The van der Waals surface area contributed by atoms with Gasteiger partial charge < -0.3 is 4.74 Å². The smallest absolute Gasteiger partial charge is 0.0656 e. The van der Waals surface area contributed by atoms with E-state index in [-0.39, 0.29) is 23.1 Å². The van der Waals surface area contributed by atoms with Crippen molar-refractivity contribution < 1.29 is 4.74 Å². The van der Waals surface area contributed by atoms with Crippen molar-refractivity contribution in [2.75, 3.05) is 19.6 Å². The van der Waals surface area contributed by atoms with Gasteiger partial charge in [0.05, 0.1) is 18.7 Å². The number of rotatable bonds is 6. The number of methoxy groups -OCH3 is 1. The van der Waals surface area contributed by atoms with E-state index in [2.05, 4.69) is 6.07 Å². The minimum Gasteiger partial charge on any atom is -0.384 e. The zero-order chi connectivity index (χ0) is 14.6. The summed E-state index contributed by atoms with van der Waals surface area (Å²) in [5.74, 6) is 1.05. The van der Waals surface area contributed by atoms with Crippen LogP contribution in [0.15, 0.2) is 0 Å². The van der Waals surface area contributed by atoms with Crippen LogP contribution < -0.4 is 0 Å². The summed E-state index contributed by atoms with van der Waals surface area (Å²) in [6, 6.07) is 4.20. The normalized spacial score (nSPS) is 16.2. The van der Waals surface area contributed by atoms with E-state index in [4.69, 9.17) is 38.5 Å². The molecule has 0 aliphatic rings. The predicted molar refractivity (Wildman–Crippen MR) is 75.6 cm³/mol. The van der Waals surface area contributed by atoms with Gasteiger partial charge in [0.15, 0.2) is 0 Å². The molecule has 0 aromatic carbocycles. The molecule has 0 saturated heterocycles. The van der Waals surface area contributed by atoms with Crippen molar-refractivity contribution in [3.05, 3.63) is 0 Å². The quantitative estimate of drug-likeness (QED) is 0.700. The van der Waals surface area contributed by atoms with E-state index < -0.39 is 0 Å². The third-order valence-corrected chi connectivity index (χ3v) is 3.55. The van der Waals surface area contributed by atoms with Crippen molar-refractivity contribution in [1.82, 2.24) is 0 Å². The Morgan fingerprint density at radius 3 is 2.00 bits per heavy atom. The first kappa shape index (κ1) is 19.9. The lowest BCUT2D eigenvalue weighted by Gasteiger charge is -2.14. The average molecular weight is 293 g/mol. The van der Waals surface area contributed by atoms with Gasteiger partial charge in [-0.1, -0.05) is 6.92 Å². The second-order valence-corrected chi connectivity index (χ2v) is 5.29. The number of alkyl halides is 2. The highest BCUT2D eigenvalue weighted by molar-refractivity contribution is 6.20. The van der Waals surface area contributed by atoms with E-state index in [1.54, 1.807) is 7.11 Å². The molecule has 18 heavy (non-hydrogen) atoms. The van der Waals surface area contributed by atoms with Crippen LogP contribution in [0.3, 0.4) is 0 Å². The van der Waals surface area contributed by atoms with Crippen LogP contribution in [-0.4, -0.2) is 25.0 Å². The number of halogens is 2. The molecular weight excluding hydrogens is 271 g/mol. The van der Waals surface area contributed by atoms with E-state index in [0.29, 0.717) is 18.9 Å². The Bertz CT molecular complexity index is 271. The van der Waals surface area contributed by atoms with E-state index in [1.807, 2.05) is 26.8 Å². The standard InChI is InChI=1S/C7H12ClN.C6H10ClNO/c1-5(4-9)6(2)7(3)8;1-9-5-6(4-7)2-3-8/h5-7H,1-3H3;6H,2,4-5H2,1H3. The van der Waals surface area contributed by atoms with Crippen LogP contribution in [0.2, 0.25) is 0 Å². The molecule has 5 heteroatoms. The second kappa shape index (κ2) is 13.0. The van der Waals surface area contributed by atoms with Crippen molar-refractivity contribution in [3.63, 3.8) is 0 Å². The lowest BCUT2D eigenvalue weighted by Crippen LogP contribution is -2.14. The molecule has 0 amide bonds. The minimum atomic E-state index is 0.0671. The largest absolute Gasteiger partial charge is 0.384 e. The third-order valence-electron chi connectivity index (χ3n) is 2.72. The number of nitriles is 2. The van der Waals surface area contributed by atoms with E-state index >= 15 is 0 Å². The van der Waals surface area contributed by atoms with Crippen LogP contribution in [0.4, 0.5) is 0 Å². The van der Waals surface area contributed by atoms with Gasteiger partial charge in [0.2, 0.25) is 0 Å². The van der Waals surface area contributed by atoms with Crippen molar-refractivity contribution in [2.45, 2.75) is 32.6 Å². The van der Waals surface area contributed by atoms with Crippen molar-refractivity contribution in [3.8, 4) is 12.1 Å². The summed E-state index contributed by atoms with van der Waals surface area (Å²) in [7, 11) is 1.61. The molecule has 0 aliphatic carbocycles. The highest BCUT2D eigenvalue weighted by atomic mass is 35.5. The Morgan fingerprint density at radius 2 is 1.78 bits per heavy atom. The number of nitrogens with zero attached hydrogens (tertiary/aromatic N) is 2. The highest BCUT2D eigenvalue weighted by Gasteiger charge is 2.15. The molecule has 0 rings (SSSR count). The topological polar surface area (TPSA) is 56.8 Å². The monoisotopic (exact) mass is 292 g/mol. The van der Waals surface area contributed by atoms with Gasteiger partial charge >= 0.3 is 0 Å². The molecule has 3 nitrogen and oxygen atoms in total. The highest BCUT2D eigenvalue weighted by Crippen LogP contribution is 2.17. The molecule has 0 fully saturated rings. The summed E-state index contributed by atoms with van der Waals surface area (Å²) in [5, 5.41) is 16.8. The fraction of sp³-hybridized carbons (Fsp3) is 0.846. The molecular formula is C13H22Cl2N2O. The van der Waals surface area contributed by atoms with Crippen LogP contribution in [0.25, 0.3) is 0 Å². The molecule has 0 saturated carbocycles. The van der Waals surface area contributed by atoms with Gasteiger partial charge in [-0.05, 0) is 19.8 Å². The SMILES string of the molecule is CC(Cl)C(C)C(C)C#N.COCC(CCl)CC#N. The first-order chi connectivity index (χ1) is 8.44. The molecule has 104 valence electrons. The Morgan fingerprint density at radius 1 is 1.22 bits per heavy atom. The maximum Gasteiger partial charge on any atom is 0.0656 e. The zero-order valence-electron chi connectivity index (χ0n) is 11.5. The van der Waals surface area contributed by atoms with Crippen LogP contribution >= 0.6 is 23.2 Å². The summed E-state index contributed by atoms with van der Waals surface area (Å²) in [6.45, 7) is 6.38. The minimum absolute atomic E-state index is 0.0671. The molecule has 0 N–H and O–H groups in total. The molecule has 0 bridgehead atoms. The van der Waals surface area contributed by atoms with Gasteiger partial charge in [-0.25, -0.2) is 0 Å². The van der Waals surface area contributed by atoms with Crippen molar-refractivity contribution in [1.29, 1.82) is 10.5 Å². The van der Waals surface area contributed by atoms with E-state index in [0.717, 1.165) is 0 Å². The molecule has 4 unspecified atom stereocenters. The zero-order valence-corrected chi connectivity index (χ0v) is 13.0. The molecule has 0 aromatic rings. The Balaban J connectivity index is 0. The van der Waals surface area contributed by atoms with Gasteiger partial charge in [0.25, 0.3) is 0 Å². The summed E-state index contributed by atoms with van der Waals surface area (Å²) in [6.07, 6.45) is 0.483. The summed E-state index contributed by atoms with van der Waals surface area (Å²) >= 11 is 11.2. The van der Waals surface area contributed by atoms with Gasteiger partial charge in [-0.2, -0.15) is 10.5 Å². The second-order valence-electron chi connectivity index (χ2n) is 4.29. The molecule has 0 aromatic heterocycles. The first-order valence-electron chi connectivity index (χ1n) is 5.90. The number of ether oxygens (including phenoxy) is 1. The molecule has 0 aliphatic heterocycles. The number of hydrogen-bond acceptors (Lipinski definition) is 3. The molecule has 0 radical (unpaired) electrons. The lowest BCUT2D eigenvalue weighted by atomic mass is 9.95. The maximum atomic E-state index is 8.45. The Hall–Kier alpha value is -0.480. The van der Waals surface area contributed by atoms with Crippen LogP contribution in [-0.2, 0) is 4.74 Å². The van der Waals surface area contributed by atoms with Gasteiger partial charge in [0, 0.05) is 36.6 Å². The van der Waals surface area contributed by atoms with Crippen LogP contribution in [0.5, 0.6) is 0 Å². The van der Waals surface area contributed by atoms with Crippen molar-refractivity contribution in [2.24, 2.45) is 17.8 Å². The maximum absolute atomic E-state index is 8.45.